The predicted molar refractivity (Wildman–Crippen MR) is 98.5 cm³/mol. The van der Waals surface area contributed by atoms with Gasteiger partial charge >= 0.3 is 0 Å². The Kier molecular flexibility index (Phi) is 6.41. The van der Waals surface area contributed by atoms with E-state index in [2.05, 4.69) is 5.32 Å². The first-order valence-corrected chi connectivity index (χ1v) is 7.79. The molecule has 24 heavy (non-hydrogen) atoms. The highest BCUT2D eigenvalue weighted by Gasteiger charge is 2.27. The molecule has 0 saturated heterocycles. The number of carbonyl (C=O) groups excluding carboxylic acids is 1. The fraction of sp³-hybridized carbons (Fsp3) is 0.211. The molecule has 1 aliphatic rings. The summed E-state index contributed by atoms with van der Waals surface area (Å²) in [5, 5.41) is 3.31. The Labute approximate surface area is 148 Å². The van der Waals surface area contributed by atoms with E-state index in [1.807, 2.05) is 54.6 Å². The minimum Gasteiger partial charge on any atom is -0.491 e. The van der Waals surface area contributed by atoms with Crippen LogP contribution in [0.3, 0.4) is 0 Å². The summed E-state index contributed by atoms with van der Waals surface area (Å²) in [6, 6.07) is 17.4. The van der Waals surface area contributed by atoms with Crippen LogP contribution in [0.5, 0.6) is 0 Å². The second-order valence-electron chi connectivity index (χ2n) is 5.41. The van der Waals surface area contributed by atoms with Gasteiger partial charge < -0.3 is 20.6 Å². The van der Waals surface area contributed by atoms with Gasteiger partial charge in [-0.1, -0.05) is 54.6 Å². The number of fused-ring (bicyclic) bond motifs is 1. The van der Waals surface area contributed by atoms with Gasteiger partial charge in [-0.15, -0.1) is 12.4 Å². The van der Waals surface area contributed by atoms with Crippen molar-refractivity contribution in [3.8, 4) is 0 Å². The highest BCUT2D eigenvalue weighted by molar-refractivity contribution is 5.92. The molecular weight excluding hydrogens is 324 g/mol. The van der Waals surface area contributed by atoms with Gasteiger partial charge in [-0.3, -0.25) is 0 Å². The van der Waals surface area contributed by atoms with Crippen LogP contribution in [0.15, 0.2) is 54.6 Å². The van der Waals surface area contributed by atoms with Crippen molar-refractivity contribution in [3.63, 3.8) is 0 Å². The van der Waals surface area contributed by atoms with Gasteiger partial charge in [0, 0.05) is 11.1 Å². The van der Waals surface area contributed by atoms with Gasteiger partial charge in [0.25, 0.3) is 0 Å². The van der Waals surface area contributed by atoms with E-state index in [-0.39, 0.29) is 18.4 Å². The SMILES string of the molecule is Cl.NCCCOC1=C(c2ccccc2)NC(C=O)c2ccccc21. The number of halogens is 1. The van der Waals surface area contributed by atoms with E-state index in [1.165, 1.54) is 0 Å². The lowest BCUT2D eigenvalue weighted by Crippen LogP contribution is -2.28. The molecule has 1 unspecified atom stereocenters. The topological polar surface area (TPSA) is 64.3 Å². The Balaban J connectivity index is 0.00000208. The minimum absolute atomic E-state index is 0. The molecule has 0 bridgehead atoms. The summed E-state index contributed by atoms with van der Waals surface area (Å²) in [4.78, 5) is 11.5. The quantitative estimate of drug-likeness (QED) is 0.624. The van der Waals surface area contributed by atoms with Crippen LogP contribution in [-0.2, 0) is 9.53 Å². The van der Waals surface area contributed by atoms with E-state index in [0.717, 1.165) is 40.9 Å². The molecular formula is C19H21ClN2O2. The van der Waals surface area contributed by atoms with Crippen LogP contribution in [0.4, 0.5) is 0 Å². The summed E-state index contributed by atoms with van der Waals surface area (Å²) in [6.45, 7) is 1.13. The lowest BCUT2D eigenvalue weighted by atomic mass is 9.93. The third-order valence-electron chi connectivity index (χ3n) is 3.86. The van der Waals surface area contributed by atoms with Gasteiger partial charge in [-0.2, -0.15) is 0 Å². The van der Waals surface area contributed by atoms with Crippen molar-refractivity contribution in [1.29, 1.82) is 0 Å². The standard InChI is InChI=1S/C19H20N2O2.ClH/c20-11-6-12-23-19-16-10-5-4-9-15(16)17(13-22)21-18(19)14-7-2-1-3-8-14;/h1-5,7-10,13,17,21H,6,11-12,20H2;1H. The number of nitrogens with two attached hydrogens (primary N) is 1. The van der Waals surface area contributed by atoms with Gasteiger partial charge in [-0.25, -0.2) is 0 Å². The average molecular weight is 345 g/mol. The van der Waals surface area contributed by atoms with Crippen LogP contribution in [0.2, 0.25) is 0 Å². The van der Waals surface area contributed by atoms with Gasteiger partial charge in [0.15, 0.2) is 5.76 Å². The summed E-state index contributed by atoms with van der Waals surface area (Å²) in [5.74, 6) is 0.776. The Morgan fingerprint density at radius 3 is 2.50 bits per heavy atom. The third-order valence-corrected chi connectivity index (χ3v) is 3.86. The summed E-state index contributed by atoms with van der Waals surface area (Å²) in [6.07, 6.45) is 1.71. The number of aldehydes is 1. The average Bonchev–Trinajstić information content (AvgIpc) is 2.62. The molecule has 0 radical (unpaired) electrons. The van der Waals surface area contributed by atoms with Crippen molar-refractivity contribution in [1.82, 2.24) is 5.32 Å². The summed E-state index contributed by atoms with van der Waals surface area (Å²) >= 11 is 0. The van der Waals surface area contributed by atoms with Gasteiger partial charge in [0.2, 0.25) is 0 Å². The molecule has 3 rings (SSSR count). The van der Waals surface area contributed by atoms with Crippen molar-refractivity contribution < 1.29 is 9.53 Å². The molecule has 3 N–H and O–H groups in total. The monoisotopic (exact) mass is 344 g/mol. The number of benzene rings is 2. The molecule has 0 fully saturated rings. The Bertz CT molecular complexity index is 716. The first kappa shape index (κ1) is 18.0. The van der Waals surface area contributed by atoms with Crippen LogP contribution in [0.1, 0.15) is 29.2 Å². The normalized spacial score (nSPS) is 15.8. The summed E-state index contributed by atoms with van der Waals surface area (Å²) in [5.41, 5.74) is 9.31. The molecule has 0 spiro atoms. The zero-order chi connectivity index (χ0) is 16.1. The smallest absolute Gasteiger partial charge is 0.150 e. The Morgan fingerprint density at radius 2 is 1.79 bits per heavy atom. The highest BCUT2D eigenvalue weighted by atomic mass is 35.5. The molecule has 0 aliphatic carbocycles. The van der Waals surface area contributed by atoms with Crippen molar-refractivity contribution in [2.24, 2.45) is 5.73 Å². The van der Waals surface area contributed by atoms with E-state index < -0.39 is 0 Å². The summed E-state index contributed by atoms with van der Waals surface area (Å²) < 4.78 is 6.03. The molecule has 1 atom stereocenters. The van der Waals surface area contributed by atoms with Crippen LogP contribution >= 0.6 is 12.4 Å². The van der Waals surface area contributed by atoms with E-state index in [4.69, 9.17) is 10.5 Å². The molecule has 5 heteroatoms. The maximum absolute atomic E-state index is 11.5. The molecule has 0 saturated carbocycles. The zero-order valence-electron chi connectivity index (χ0n) is 13.3. The highest BCUT2D eigenvalue weighted by Crippen LogP contribution is 2.36. The van der Waals surface area contributed by atoms with Crippen LogP contribution in [0, 0.1) is 0 Å². The van der Waals surface area contributed by atoms with Gasteiger partial charge in [-0.05, 0) is 18.5 Å². The van der Waals surface area contributed by atoms with Crippen molar-refractivity contribution >= 4 is 30.1 Å². The Morgan fingerprint density at radius 1 is 1.08 bits per heavy atom. The second-order valence-corrected chi connectivity index (χ2v) is 5.41. The predicted octanol–water partition coefficient (Wildman–Crippen LogP) is 3.14. The van der Waals surface area contributed by atoms with Crippen LogP contribution < -0.4 is 11.1 Å². The second kappa shape index (κ2) is 8.52. The van der Waals surface area contributed by atoms with E-state index >= 15 is 0 Å². The lowest BCUT2D eigenvalue weighted by Gasteiger charge is -2.29. The molecule has 0 amide bonds. The fourth-order valence-electron chi connectivity index (χ4n) is 2.74. The number of ether oxygens (including phenoxy) is 1. The molecule has 4 nitrogen and oxygen atoms in total. The minimum atomic E-state index is -0.372. The molecule has 1 aliphatic heterocycles. The largest absolute Gasteiger partial charge is 0.491 e. The third kappa shape index (κ3) is 3.61. The van der Waals surface area contributed by atoms with Crippen molar-refractivity contribution in [3.05, 3.63) is 71.3 Å². The zero-order valence-corrected chi connectivity index (χ0v) is 14.1. The molecule has 2 aromatic rings. The number of rotatable bonds is 6. The van der Waals surface area contributed by atoms with E-state index in [9.17, 15) is 4.79 Å². The number of hydrogen-bond donors (Lipinski definition) is 2. The van der Waals surface area contributed by atoms with Crippen molar-refractivity contribution in [2.45, 2.75) is 12.5 Å². The summed E-state index contributed by atoms with van der Waals surface area (Å²) in [7, 11) is 0. The van der Waals surface area contributed by atoms with Gasteiger partial charge in [0.1, 0.15) is 12.3 Å². The van der Waals surface area contributed by atoms with Gasteiger partial charge in [0.05, 0.1) is 12.3 Å². The van der Waals surface area contributed by atoms with Crippen molar-refractivity contribution in [2.75, 3.05) is 13.2 Å². The van der Waals surface area contributed by atoms with Crippen LogP contribution in [0.25, 0.3) is 11.5 Å². The van der Waals surface area contributed by atoms with E-state index in [1.54, 1.807) is 0 Å². The number of nitrogens with one attached hydrogen (secondary N) is 1. The molecule has 1 heterocycles. The number of carbonyl (C=O) groups is 1. The van der Waals surface area contributed by atoms with Crippen LogP contribution in [-0.4, -0.2) is 19.4 Å². The maximum Gasteiger partial charge on any atom is 0.150 e. The molecule has 126 valence electrons. The fourth-order valence-corrected chi connectivity index (χ4v) is 2.74. The number of hydrogen-bond acceptors (Lipinski definition) is 4. The lowest BCUT2D eigenvalue weighted by molar-refractivity contribution is -0.109. The molecule has 2 aromatic carbocycles. The Hall–Kier alpha value is -2.30. The maximum atomic E-state index is 11.5. The first-order chi connectivity index (χ1) is 11.3. The molecule has 0 aromatic heterocycles. The first-order valence-electron chi connectivity index (χ1n) is 7.79. The van der Waals surface area contributed by atoms with E-state index in [0.29, 0.717) is 13.2 Å².